The first-order chi connectivity index (χ1) is 13.4. The van der Waals surface area contributed by atoms with Gasteiger partial charge >= 0.3 is 0 Å². The number of benzene rings is 2. The van der Waals surface area contributed by atoms with Gasteiger partial charge in [-0.15, -0.1) is 0 Å². The summed E-state index contributed by atoms with van der Waals surface area (Å²) in [5, 5.41) is 8.74. The second-order valence-corrected chi connectivity index (χ2v) is 6.40. The Morgan fingerprint density at radius 3 is 2.41 bits per heavy atom. The monoisotopic (exact) mass is 377 g/mol. The zero-order chi connectivity index (χ0) is 18.5. The Morgan fingerprint density at radius 2 is 1.74 bits per heavy atom. The molecular weight excluding hydrogens is 358 g/mol. The molecule has 27 heavy (non-hydrogen) atoms. The number of rotatable bonds is 7. The van der Waals surface area contributed by atoms with Gasteiger partial charge in [-0.3, -0.25) is 0 Å². The number of anilines is 2. The number of nitrogens with zero attached hydrogens (tertiary/aromatic N) is 5. The highest BCUT2D eigenvalue weighted by atomic mass is 32.1. The minimum atomic E-state index is 0.655. The van der Waals surface area contributed by atoms with Crippen molar-refractivity contribution in [3.05, 3.63) is 73.3 Å². The second-order valence-electron chi connectivity index (χ2n) is 5.95. The van der Waals surface area contributed by atoms with E-state index in [1.165, 1.54) is 6.33 Å². The third kappa shape index (κ3) is 3.59. The summed E-state index contributed by atoms with van der Waals surface area (Å²) in [5.74, 6) is 2.14. The van der Waals surface area contributed by atoms with Gasteiger partial charge in [0.1, 0.15) is 12.7 Å². The number of para-hydroxylation sites is 1. The molecule has 2 aromatic heterocycles. The summed E-state index contributed by atoms with van der Waals surface area (Å²) in [4.78, 5) is 6.23. The predicted molar refractivity (Wildman–Crippen MR) is 109 cm³/mol. The van der Waals surface area contributed by atoms with Gasteiger partial charge in [-0.05, 0) is 24.3 Å². The molecule has 0 aliphatic rings. The molecule has 0 N–H and O–H groups in total. The zero-order valence-electron chi connectivity index (χ0n) is 14.6. The molecule has 0 amide bonds. The number of hydrogen-bond donors (Lipinski definition) is 1. The van der Waals surface area contributed by atoms with Crippen LogP contribution in [0.3, 0.4) is 0 Å². The summed E-state index contributed by atoms with van der Waals surface area (Å²) in [5.41, 5.74) is 2.74. The molecule has 4 aromatic rings. The highest BCUT2D eigenvalue weighted by Crippen LogP contribution is 2.37. The van der Waals surface area contributed by atoms with Crippen molar-refractivity contribution < 1.29 is 4.52 Å². The maximum absolute atomic E-state index is 5.79. The van der Waals surface area contributed by atoms with Crippen LogP contribution < -0.4 is 4.90 Å². The van der Waals surface area contributed by atoms with Gasteiger partial charge in [-0.25, -0.2) is 9.67 Å². The Kier molecular flexibility index (Phi) is 5.20. The van der Waals surface area contributed by atoms with Gasteiger partial charge < -0.3 is 9.42 Å². The van der Waals surface area contributed by atoms with E-state index in [2.05, 4.69) is 44.9 Å². The van der Waals surface area contributed by atoms with Crippen molar-refractivity contribution in [2.75, 3.05) is 17.2 Å². The van der Waals surface area contributed by atoms with Crippen LogP contribution in [0, 0.1) is 0 Å². The van der Waals surface area contributed by atoms with E-state index in [0.29, 0.717) is 11.6 Å². The molecule has 0 saturated heterocycles. The van der Waals surface area contributed by atoms with Crippen LogP contribution in [0.1, 0.15) is 6.42 Å². The largest absolute Gasteiger partial charge is 0.352 e. The topological polar surface area (TPSA) is 60.0 Å². The Bertz CT molecular complexity index is 970. The maximum Gasteiger partial charge on any atom is 0.203 e. The summed E-state index contributed by atoms with van der Waals surface area (Å²) in [6, 6.07) is 20.0. The SMILES string of the molecule is SCCCN(c1ccccc1)c1noc(-c2ccccc2)c1-n1cncn1. The van der Waals surface area contributed by atoms with Crippen molar-refractivity contribution in [1.29, 1.82) is 0 Å². The van der Waals surface area contributed by atoms with E-state index < -0.39 is 0 Å². The number of hydrogen-bond acceptors (Lipinski definition) is 6. The van der Waals surface area contributed by atoms with Crippen LogP contribution in [0.4, 0.5) is 11.5 Å². The Balaban J connectivity index is 1.87. The number of aromatic nitrogens is 4. The van der Waals surface area contributed by atoms with Crippen molar-refractivity contribution in [3.63, 3.8) is 0 Å². The van der Waals surface area contributed by atoms with Crippen LogP contribution in [0.5, 0.6) is 0 Å². The van der Waals surface area contributed by atoms with E-state index in [9.17, 15) is 0 Å². The molecule has 0 aliphatic carbocycles. The average Bonchev–Trinajstić information content (AvgIpc) is 3.39. The molecule has 0 unspecified atom stereocenters. The van der Waals surface area contributed by atoms with Crippen LogP contribution in [0.25, 0.3) is 17.0 Å². The van der Waals surface area contributed by atoms with E-state index in [1.807, 2.05) is 48.5 Å². The summed E-state index contributed by atoms with van der Waals surface area (Å²) < 4.78 is 7.49. The second kappa shape index (κ2) is 8.09. The minimum absolute atomic E-state index is 0.655. The van der Waals surface area contributed by atoms with Crippen molar-refractivity contribution in [2.24, 2.45) is 0 Å². The summed E-state index contributed by atoms with van der Waals surface area (Å²) in [7, 11) is 0. The van der Waals surface area contributed by atoms with Gasteiger partial charge in [-0.1, -0.05) is 53.7 Å². The lowest BCUT2D eigenvalue weighted by molar-refractivity contribution is 0.432. The third-order valence-corrected chi connectivity index (χ3v) is 4.51. The van der Waals surface area contributed by atoms with E-state index in [4.69, 9.17) is 4.52 Å². The van der Waals surface area contributed by atoms with Gasteiger partial charge in [0.2, 0.25) is 5.82 Å². The Morgan fingerprint density at radius 1 is 1.00 bits per heavy atom. The molecule has 0 radical (unpaired) electrons. The van der Waals surface area contributed by atoms with Gasteiger partial charge in [-0.2, -0.15) is 17.7 Å². The maximum atomic E-state index is 5.79. The highest BCUT2D eigenvalue weighted by Gasteiger charge is 2.25. The lowest BCUT2D eigenvalue weighted by atomic mass is 10.1. The van der Waals surface area contributed by atoms with Crippen LogP contribution in [0.15, 0.2) is 77.8 Å². The minimum Gasteiger partial charge on any atom is -0.352 e. The molecule has 136 valence electrons. The molecule has 0 atom stereocenters. The fraction of sp³-hybridized carbons (Fsp3) is 0.150. The van der Waals surface area contributed by atoms with E-state index >= 15 is 0 Å². The van der Waals surface area contributed by atoms with Crippen molar-refractivity contribution in [1.82, 2.24) is 19.9 Å². The van der Waals surface area contributed by atoms with E-state index in [1.54, 1.807) is 11.0 Å². The molecule has 0 fully saturated rings. The van der Waals surface area contributed by atoms with Crippen molar-refractivity contribution >= 4 is 24.1 Å². The molecule has 7 heteroatoms. The first kappa shape index (κ1) is 17.4. The first-order valence-corrected chi connectivity index (χ1v) is 9.35. The lowest BCUT2D eigenvalue weighted by Crippen LogP contribution is -2.21. The zero-order valence-corrected chi connectivity index (χ0v) is 15.5. The third-order valence-electron chi connectivity index (χ3n) is 4.20. The van der Waals surface area contributed by atoms with Crippen LogP contribution in [0.2, 0.25) is 0 Å². The molecule has 0 saturated carbocycles. The molecule has 2 aromatic carbocycles. The first-order valence-electron chi connectivity index (χ1n) is 8.72. The molecule has 6 nitrogen and oxygen atoms in total. The predicted octanol–water partition coefficient (Wildman–Crippen LogP) is 4.38. The van der Waals surface area contributed by atoms with Crippen LogP contribution in [-0.4, -0.2) is 32.2 Å². The normalized spacial score (nSPS) is 10.9. The summed E-state index contributed by atoms with van der Waals surface area (Å²) >= 11 is 4.37. The molecule has 0 bridgehead atoms. The van der Waals surface area contributed by atoms with E-state index in [0.717, 1.165) is 35.7 Å². The van der Waals surface area contributed by atoms with Gasteiger partial charge in [0, 0.05) is 17.8 Å². The van der Waals surface area contributed by atoms with Gasteiger partial charge in [0.15, 0.2) is 11.4 Å². The molecule has 0 aliphatic heterocycles. The molecule has 0 spiro atoms. The Labute approximate surface area is 162 Å². The van der Waals surface area contributed by atoms with E-state index in [-0.39, 0.29) is 0 Å². The lowest BCUT2D eigenvalue weighted by Gasteiger charge is -2.22. The van der Waals surface area contributed by atoms with Crippen LogP contribution in [-0.2, 0) is 0 Å². The molecule has 4 rings (SSSR count). The van der Waals surface area contributed by atoms with Crippen LogP contribution >= 0.6 is 12.6 Å². The van der Waals surface area contributed by atoms with Gasteiger partial charge in [0.25, 0.3) is 0 Å². The molecular formula is C20H19N5OS. The van der Waals surface area contributed by atoms with Crippen molar-refractivity contribution in [3.8, 4) is 17.0 Å². The highest BCUT2D eigenvalue weighted by molar-refractivity contribution is 7.80. The van der Waals surface area contributed by atoms with Gasteiger partial charge in [0.05, 0.1) is 0 Å². The Hall–Kier alpha value is -3.06. The summed E-state index contributed by atoms with van der Waals surface area (Å²) in [6.45, 7) is 0.760. The average molecular weight is 377 g/mol. The van der Waals surface area contributed by atoms with Crippen molar-refractivity contribution in [2.45, 2.75) is 6.42 Å². The standard InChI is InChI=1S/C20H19N5OS/c27-13-7-12-24(17-10-5-2-6-11-17)20-18(25-15-21-14-22-25)19(26-23-20)16-8-3-1-4-9-16/h1-6,8-11,14-15,27H,7,12-13H2. The molecule has 2 heterocycles. The quantitative estimate of drug-likeness (QED) is 0.484. The smallest absolute Gasteiger partial charge is 0.203 e. The fourth-order valence-corrected chi connectivity index (χ4v) is 3.10. The summed E-state index contributed by atoms with van der Waals surface area (Å²) in [6.07, 6.45) is 4.07. The fourth-order valence-electron chi connectivity index (χ4n) is 2.96. The number of thiol groups is 1.